The summed E-state index contributed by atoms with van der Waals surface area (Å²) in [4.78, 5) is 4.52. The summed E-state index contributed by atoms with van der Waals surface area (Å²) in [5, 5.41) is 0. The van der Waals surface area contributed by atoms with Gasteiger partial charge in [0.05, 0.1) is 19.9 Å². The van der Waals surface area contributed by atoms with Gasteiger partial charge in [-0.05, 0) is 135 Å². The summed E-state index contributed by atoms with van der Waals surface area (Å²) in [6, 6.07) is 86.9. The third-order valence-electron chi connectivity index (χ3n) is 15.0. The van der Waals surface area contributed by atoms with Gasteiger partial charge in [-0.25, -0.2) is 0 Å². The molecule has 0 bridgehead atoms. The van der Waals surface area contributed by atoms with Crippen LogP contribution >= 0.6 is 0 Å². The first-order valence-corrected chi connectivity index (χ1v) is 30.6. The monoisotopic (exact) mass is 1180 g/mol. The molecule has 0 saturated heterocycles. The van der Waals surface area contributed by atoms with Crippen molar-refractivity contribution in [3.8, 4) is 22.6 Å². The quantitative estimate of drug-likeness (QED) is 0.0533. The Kier molecular flexibility index (Phi) is 22.9. The molecule has 0 aliphatic carbocycles. The smallest absolute Gasteiger partial charge is 0.146 e. The molecule has 0 aliphatic heterocycles. The summed E-state index contributed by atoms with van der Waals surface area (Å²) < 4.78 is 11.4. The van der Waals surface area contributed by atoms with E-state index in [1.807, 2.05) is 72.8 Å². The molecule has 0 spiro atoms. The Bertz CT molecular complexity index is 4290. The standard InChI is InChI=1S/C87H74N2O2/c1-69-28-26-27-41-85(69)88(80-58-46-74(47-59-80)37-18-6-4-14-29-70-31-22-12-23-32-70)81-60-48-75(49-61-81)38-20-10-8-16-35-72-42-54-78(55-43-72)79-56-44-73(45-57-79)36-17-9-11-21-40-77-52-64-83(65-53-77)89(86-67-66-84(90-2)68-87(86)91-3)82-62-50-76(51-63-82)39-19-7-5-15-30-71-33-24-13-25-34-71/h4-68H,1-3H3/b6-4+,7-5+,10-8+,11-9+,29-14+,30-15+,35-16+,36-17+,37-18+,38-20+,39-19+,40-21+. The van der Waals surface area contributed by atoms with Crippen LogP contribution in [0, 0.1) is 6.92 Å². The SMILES string of the molecule is COc1ccc(N(c2ccc(/C=C/C=C/C=C/c3ccccc3)cc2)c2ccc(/C=C/C=C/C=C/c3ccc(-c4ccc(/C=C/C=C/C=C/c5ccc(N(c6ccc(/C=C/C=C/C=C/c7ccccc7)cc6)c6ccccc6C)cc5)cc4)cc3)cc2)c(OC)c1. The van der Waals surface area contributed by atoms with Crippen LogP contribution in [-0.2, 0) is 0 Å². The van der Waals surface area contributed by atoms with Gasteiger partial charge in [0.2, 0.25) is 0 Å². The van der Waals surface area contributed by atoms with E-state index >= 15 is 0 Å². The molecule has 10 rings (SSSR count). The number of anilines is 6. The zero-order valence-electron chi connectivity index (χ0n) is 51.7. The number of allylic oxidation sites excluding steroid dienone is 16. The van der Waals surface area contributed by atoms with Crippen molar-refractivity contribution in [3.05, 3.63) is 396 Å². The number of rotatable bonds is 25. The Morgan fingerprint density at radius 1 is 0.242 bits per heavy atom. The lowest BCUT2D eigenvalue weighted by atomic mass is 10.0. The summed E-state index contributed by atoms with van der Waals surface area (Å²) >= 11 is 0. The Labute approximate surface area is 538 Å². The van der Waals surface area contributed by atoms with E-state index in [0.29, 0.717) is 5.75 Å². The van der Waals surface area contributed by atoms with Crippen molar-refractivity contribution in [2.24, 2.45) is 0 Å². The van der Waals surface area contributed by atoms with Gasteiger partial charge in [-0.3, -0.25) is 0 Å². The fraction of sp³-hybridized carbons (Fsp3) is 0.0345. The van der Waals surface area contributed by atoms with E-state index in [4.69, 9.17) is 9.47 Å². The van der Waals surface area contributed by atoms with Gasteiger partial charge in [0.25, 0.3) is 0 Å². The predicted octanol–water partition coefficient (Wildman–Crippen LogP) is 23.8. The van der Waals surface area contributed by atoms with Gasteiger partial charge < -0.3 is 19.3 Å². The molecule has 4 nitrogen and oxygen atoms in total. The molecule has 4 heteroatoms. The van der Waals surface area contributed by atoms with E-state index in [2.05, 4.69) is 338 Å². The third-order valence-corrected chi connectivity index (χ3v) is 15.0. The lowest BCUT2D eigenvalue weighted by molar-refractivity contribution is 0.395. The summed E-state index contributed by atoms with van der Waals surface area (Å²) in [5.74, 6) is 1.44. The fourth-order valence-corrected chi connectivity index (χ4v) is 10.1. The van der Waals surface area contributed by atoms with Crippen LogP contribution in [0.15, 0.2) is 346 Å². The maximum atomic E-state index is 5.89. The molecule has 0 radical (unpaired) electrons. The average molecular weight is 1180 g/mol. The molecule has 0 unspecified atom stereocenters. The van der Waals surface area contributed by atoms with E-state index in [0.717, 1.165) is 73.3 Å². The Morgan fingerprint density at radius 2 is 0.516 bits per heavy atom. The van der Waals surface area contributed by atoms with Crippen molar-refractivity contribution in [1.82, 2.24) is 0 Å². The molecule has 0 amide bonds. The summed E-state index contributed by atoms with van der Waals surface area (Å²) in [6.45, 7) is 2.16. The van der Waals surface area contributed by atoms with Crippen LogP contribution < -0.4 is 19.3 Å². The highest BCUT2D eigenvalue weighted by molar-refractivity contribution is 5.83. The number of aryl methyl sites for hydroxylation is 1. The second kappa shape index (κ2) is 33.4. The van der Waals surface area contributed by atoms with Gasteiger partial charge in [-0.15, -0.1) is 0 Å². The first kappa shape index (κ1) is 62.3. The molecule has 0 fully saturated rings. The van der Waals surface area contributed by atoms with Crippen LogP contribution in [0.4, 0.5) is 34.1 Å². The zero-order valence-corrected chi connectivity index (χ0v) is 51.7. The van der Waals surface area contributed by atoms with Crippen molar-refractivity contribution >= 4 is 82.7 Å². The molecular weight excluding hydrogens is 1100 g/mol. The molecular formula is C87H74N2O2. The normalized spacial score (nSPS) is 12.3. The van der Waals surface area contributed by atoms with Gasteiger partial charge in [0.1, 0.15) is 11.5 Å². The molecule has 0 saturated carbocycles. The van der Waals surface area contributed by atoms with Gasteiger partial charge >= 0.3 is 0 Å². The average Bonchev–Trinajstić information content (AvgIpc) is 1.00. The second-order valence-electron chi connectivity index (χ2n) is 21.3. The summed E-state index contributed by atoms with van der Waals surface area (Å²) in [6.07, 6.45) is 49.9. The minimum absolute atomic E-state index is 0.710. The summed E-state index contributed by atoms with van der Waals surface area (Å²) in [5.41, 5.74) is 18.9. The Morgan fingerprint density at radius 3 is 0.813 bits per heavy atom. The van der Waals surface area contributed by atoms with Crippen molar-refractivity contribution in [2.45, 2.75) is 6.92 Å². The van der Waals surface area contributed by atoms with E-state index in [1.54, 1.807) is 14.2 Å². The van der Waals surface area contributed by atoms with Crippen LogP contribution in [0.5, 0.6) is 11.5 Å². The van der Waals surface area contributed by atoms with Crippen molar-refractivity contribution in [3.63, 3.8) is 0 Å². The summed E-state index contributed by atoms with van der Waals surface area (Å²) in [7, 11) is 3.35. The molecule has 10 aromatic rings. The van der Waals surface area contributed by atoms with Gasteiger partial charge in [-0.1, -0.05) is 322 Å². The Balaban J connectivity index is 0.689. The van der Waals surface area contributed by atoms with Crippen LogP contribution in [0.2, 0.25) is 0 Å². The maximum Gasteiger partial charge on any atom is 0.146 e. The van der Waals surface area contributed by atoms with Crippen LogP contribution in [0.1, 0.15) is 50.1 Å². The van der Waals surface area contributed by atoms with Crippen LogP contribution in [0.3, 0.4) is 0 Å². The van der Waals surface area contributed by atoms with Crippen LogP contribution in [-0.4, -0.2) is 14.2 Å². The highest BCUT2D eigenvalue weighted by atomic mass is 16.5. The molecule has 444 valence electrons. The first-order chi connectivity index (χ1) is 45.0. The third kappa shape index (κ3) is 18.6. The number of para-hydroxylation sites is 1. The first-order valence-electron chi connectivity index (χ1n) is 30.6. The number of benzene rings is 10. The zero-order chi connectivity index (χ0) is 62.5. The van der Waals surface area contributed by atoms with E-state index < -0.39 is 0 Å². The molecule has 0 heterocycles. The molecule has 0 aromatic heterocycles. The lowest BCUT2D eigenvalue weighted by Gasteiger charge is -2.27. The largest absolute Gasteiger partial charge is 0.497 e. The fourth-order valence-electron chi connectivity index (χ4n) is 10.1. The Hall–Kier alpha value is -11.7. The number of methoxy groups -OCH3 is 2. The van der Waals surface area contributed by atoms with Crippen molar-refractivity contribution in [1.29, 1.82) is 0 Å². The second-order valence-corrected chi connectivity index (χ2v) is 21.3. The van der Waals surface area contributed by atoms with E-state index in [9.17, 15) is 0 Å². The van der Waals surface area contributed by atoms with E-state index in [1.165, 1.54) is 27.8 Å². The minimum Gasteiger partial charge on any atom is -0.497 e. The number of nitrogens with zero attached hydrogens (tertiary/aromatic N) is 2. The lowest BCUT2D eigenvalue weighted by Crippen LogP contribution is -2.11. The molecule has 10 aromatic carbocycles. The molecule has 0 N–H and O–H groups in total. The van der Waals surface area contributed by atoms with E-state index in [-0.39, 0.29) is 0 Å². The molecule has 0 atom stereocenters. The number of ether oxygens (including phenoxy) is 2. The predicted molar refractivity (Wildman–Crippen MR) is 394 cm³/mol. The number of hydrogen-bond acceptors (Lipinski definition) is 4. The highest BCUT2D eigenvalue weighted by Crippen LogP contribution is 2.42. The maximum absolute atomic E-state index is 5.89. The molecule has 91 heavy (non-hydrogen) atoms. The highest BCUT2D eigenvalue weighted by Gasteiger charge is 2.18. The number of hydrogen-bond donors (Lipinski definition) is 0. The topological polar surface area (TPSA) is 24.9 Å². The molecule has 0 aliphatic rings. The van der Waals surface area contributed by atoms with Gasteiger partial charge in [0, 0.05) is 34.5 Å². The van der Waals surface area contributed by atoms with Crippen molar-refractivity contribution in [2.75, 3.05) is 24.0 Å². The van der Waals surface area contributed by atoms with Gasteiger partial charge in [0.15, 0.2) is 0 Å². The van der Waals surface area contributed by atoms with Crippen LogP contribution in [0.25, 0.3) is 59.7 Å². The van der Waals surface area contributed by atoms with Crippen molar-refractivity contribution < 1.29 is 9.47 Å². The van der Waals surface area contributed by atoms with Gasteiger partial charge in [-0.2, -0.15) is 0 Å². The minimum atomic E-state index is 0.710.